The van der Waals surface area contributed by atoms with Gasteiger partial charge in [-0.2, -0.15) is 0 Å². The highest BCUT2D eigenvalue weighted by atomic mass is 16.7. The molecule has 2 atom stereocenters. The van der Waals surface area contributed by atoms with Gasteiger partial charge in [-0.25, -0.2) is 0 Å². The molecule has 5 rings (SSSR count). The summed E-state index contributed by atoms with van der Waals surface area (Å²) in [6.07, 6.45) is 20.8. The summed E-state index contributed by atoms with van der Waals surface area (Å²) in [4.78, 5) is 0. The third-order valence-electron chi connectivity index (χ3n) is 9.88. The van der Waals surface area contributed by atoms with E-state index in [1.165, 1.54) is 89.9 Å². The molecule has 0 aromatic carbocycles. The summed E-state index contributed by atoms with van der Waals surface area (Å²) >= 11 is 0. The molecule has 2 saturated heterocycles. The van der Waals surface area contributed by atoms with Gasteiger partial charge in [-0.05, 0) is 68.1 Å². The van der Waals surface area contributed by atoms with Crippen LogP contribution in [-0.2, 0) is 14.2 Å². The van der Waals surface area contributed by atoms with E-state index in [4.69, 9.17) is 14.2 Å². The van der Waals surface area contributed by atoms with Gasteiger partial charge in [0.15, 0.2) is 6.29 Å². The van der Waals surface area contributed by atoms with E-state index in [1.807, 2.05) is 6.92 Å². The maximum absolute atomic E-state index is 5.39. The largest absolute Gasteiger partial charge is 0.378 e. The first-order chi connectivity index (χ1) is 18.9. The molecule has 3 aliphatic carbocycles. The molecule has 3 saturated carbocycles. The Morgan fingerprint density at radius 2 is 0.525 bits per heavy atom. The molecule has 0 bridgehead atoms. The molecule has 0 aromatic heterocycles. The molecule has 0 radical (unpaired) electrons. The molecule has 5 fully saturated rings. The van der Waals surface area contributed by atoms with Crippen LogP contribution in [-0.4, -0.2) is 32.2 Å². The van der Waals surface area contributed by atoms with Crippen LogP contribution >= 0.6 is 0 Å². The van der Waals surface area contributed by atoms with Crippen LogP contribution in [0.15, 0.2) is 0 Å². The van der Waals surface area contributed by atoms with Gasteiger partial charge in [-0.3, -0.25) is 0 Å². The predicted molar refractivity (Wildman–Crippen MR) is 175 cm³/mol. The molecule has 3 heteroatoms. The van der Waals surface area contributed by atoms with Crippen LogP contribution in [0.25, 0.3) is 0 Å². The molecule has 0 amide bonds. The second kappa shape index (κ2) is 22.4. The summed E-state index contributed by atoms with van der Waals surface area (Å²) in [5.41, 5.74) is 0. The van der Waals surface area contributed by atoms with Gasteiger partial charge < -0.3 is 14.2 Å². The third kappa shape index (κ3) is 20.7. The summed E-state index contributed by atoms with van der Waals surface area (Å²) in [6.45, 7) is 25.3. The number of ether oxygens (including phenoxy) is 3. The summed E-state index contributed by atoms with van der Waals surface area (Å²) in [6, 6.07) is 0. The van der Waals surface area contributed by atoms with Gasteiger partial charge >= 0.3 is 0 Å². The van der Waals surface area contributed by atoms with Gasteiger partial charge in [0.25, 0.3) is 0 Å². The Labute approximate surface area is 252 Å². The third-order valence-corrected chi connectivity index (χ3v) is 9.88. The van der Waals surface area contributed by atoms with Crippen LogP contribution in [0.2, 0.25) is 0 Å². The average molecular weight is 567 g/mol. The van der Waals surface area contributed by atoms with Gasteiger partial charge in [0.05, 0.1) is 19.3 Å². The van der Waals surface area contributed by atoms with Crippen molar-refractivity contribution >= 4 is 0 Å². The lowest BCUT2D eigenvalue weighted by atomic mass is 9.84. The van der Waals surface area contributed by atoms with E-state index in [9.17, 15) is 0 Å². The van der Waals surface area contributed by atoms with Crippen molar-refractivity contribution in [3.63, 3.8) is 0 Å². The Bertz CT molecular complexity index is 374. The fourth-order valence-electron chi connectivity index (χ4n) is 5.99. The van der Waals surface area contributed by atoms with Gasteiger partial charge in [-0.1, -0.05) is 132 Å². The Morgan fingerprint density at radius 1 is 0.275 bits per heavy atom. The van der Waals surface area contributed by atoms with Crippen molar-refractivity contribution in [3.8, 4) is 0 Å². The zero-order valence-electron chi connectivity index (χ0n) is 29.0. The summed E-state index contributed by atoms with van der Waals surface area (Å²) in [7, 11) is 0. The lowest BCUT2D eigenvalue weighted by molar-refractivity contribution is -0.187. The van der Waals surface area contributed by atoms with Gasteiger partial charge in [0.1, 0.15) is 0 Å². The first kappa shape index (κ1) is 37.9. The van der Waals surface area contributed by atoms with Crippen molar-refractivity contribution in [2.75, 3.05) is 19.8 Å². The second-order valence-corrected chi connectivity index (χ2v) is 15.3. The lowest BCUT2D eigenvalue weighted by Crippen LogP contribution is -2.27. The highest BCUT2D eigenvalue weighted by Gasteiger charge is 2.16. The fourth-order valence-corrected chi connectivity index (χ4v) is 5.99. The topological polar surface area (TPSA) is 27.7 Å². The molecular formula is C37H74O3. The van der Waals surface area contributed by atoms with E-state index in [2.05, 4.69) is 62.3 Å². The molecular weight excluding hydrogens is 492 g/mol. The Kier molecular flexibility index (Phi) is 21.2. The first-order valence-electron chi connectivity index (χ1n) is 17.8. The Hall–Kier alpha value is -0.120. The minimum atomic E-state index is 0.0196. The van der Waals surface area contributed by atoms with Gasteiger partial charge in [-0.15, -0.1) is 0 Å². The van der Waals surface area contributed by atoms with E-state index in [-0.39, 0.29) is 6.29 Å². The normalized spacial score (nSPS) is 39.8. The zero-order valence-corrected chi connectivity index (χ0v) is 29.0. The highest BCUT2D eigenvalue weighted by Crippen LogP contribution is 2.28. The molecule has 0 spiro atoms. The van der Waals surface area contributed by atoms with Crippen LogP contribution in [0.5, 0.6) is 0 Å². The number of hydrogen-bond acceptors (Lipinski definition) is 3. The second-order valence-electron chi connectivity index (χ2n) is 15.3. The van der Waals surface area contributed by atoms with Crippen LogP contribution in [0, 0.1) is 47.3 Å². The maximum atomic E-state index is 5.39. The van der Waals surface area contributed by atoms with Crippen LogP contribution in [0.1, 0.15) is 159 Å². The molecule has 40 heavy (non-hydrogen) atoms. The maximum Gasteiger partial charge on any atom is 0.154 e. The highest BCUT2D eigenvalue weighted by molar-refractivity contribution is 4.67. The summed E-state index contributed by atoms with van der Waals surface area (Å²) in [5, 5.41) is 0. The van der Waals surface area contributed by atoms with E-state index in [0.717, 1.165) is 61.2 Å². The van der Waals surface area contributed by atoms with E-state index in [0.29, 0.717) is 12.0 Å². The Morgan fingerprint density at radius 3 is 0.725 bits per heavy atom. The summed E-state index contributed by atoms with van der Waals surface area (Å²) < 4.78 is 15.7. The molecule has 2 unspecified atom stereocenters. The van der Waals surface area contributed by atoms with Crippen molar-refractivity contribution in [3.05, 3.63) is 0 Å². The Balaban J connectivity index is 0.000000250. The van der Waals surface area contributed by atoms with E-state index < -0.39 is 0 Å². The molecule has 3 nitrogen and oxygen atoms in total. The van der Waals surface area contributed by atoms with Crippen molar-refractivity contribution in [2.45, 2.75) is 172 Å². The molecule has 2 heterocycles. The predicted octanol–water partition coefficient (Wildman–Crippen LogP) is 11.3. The summed E-state index contributed by atoms with van der Waals surface area (Å²) in [5.74, 6) is 7.49. The van der Waals surface area contributed by atoms with Crippen molar-refractivity contribution < 1.29 is 14.2 Å². The van der Waals surface area contributed by atoms with Crippen LogP contribution in [0.3, 0.4) is 0 Å². The van der Waals surface area contributed by atoms with E-state index >= 15 is 0 Å². The molecule has 0 aromatic rings. The van der Waals surface area contributed by atoms with Crippen LogP contribution < -0.4 is 0 Å². The lowest BCUT2D eigenvalue weighted by Gasteiger charge is -2.24. The molecule has 240 valence electrons. The van der Waals surface area contributed by atoms with Crippen molar-refractivity contribution in [1.82, 2.24) is 0 Å². The SMILES string of the molecule is CC1CCC(C)CC1.CC1CCC(C)CC1.CC1CCC(C)CC1.CC1CCC(C)OC1.CC1COC(C)OC1. The standard InChI is InChI=1S/3C8H16.C7H14O.C6H12O2/c3*1-7-3-5-8(2)6-4-7;1-6-3-4-7(2)8-5-6;1-5-3-7-6(2)8-4-5/h3*7-8H,3-6H2,1-2H3;6-7H,3-5H2,1-2H3;5-6H,3-4H2,1-2H3. The first-order valence-corrected chi connectivity index (χ1v) is 17.8. The number of rotatable bonds is 0. The van der Waals surface area contributed by atoms with Crippen molar-refractivity contribution in [2.24, 2.45) is 47.3 Å². The van der Waals surface area contributed by atoms with Crippen molar-refractivity contribution in [1.29, 1.82) is 0 Å². The number of hydrogen-bond donors (Lipinski definition) is 0. The fraction of sp³-hybridized carbons (Fsp3) is 1.00. The molecule has 0 N–H and O–H groups in total. The van der Waals surface area contributed by atoms with Crippen LogP contribution in [0.4, 0.5) is 0 Å². The molecule has 5 aliphatic rings. The average Bonchev–Trinajstić information content (AvgIpc) is 2.94. The molecule has 2 aliphatic heterocycles. The smallest absolute Gasteiger partial charge is 0.154 e. The van der Waals surface area contributed by atoms with Gasteiger partial charge in [0, 0.05) is 12.5 Å². The quantitative estimate of drug-likeness (QED) is 0.292. The zero-order chi connectivity index (χ0) is 29.9. The monoisotopic (exact) mass is 567 g/mol. The minimum absolute atomic E-state index is 0.0196. The van der Waals surface area contributed by atoms with Gasteiger partial charge in [0.2, 0.25) is 0 Å². The van der Waals surface area contributed by atoms with E-state index in [1.54, 1.807) is 0 Å². The minimum Gasteiger partial charge on any atom is -0.378 e.